The molecule has 41 heavy (non-hydrogen) atoms. The summed E-state index contributed by atoms with van der Waals surface area (Å²) in [5.41, 5.74) is 10.1. The van der Waals surface area contributed by atoms with E-state index in [2.05, 4.69) is 114 Å². The maximum Gasteiger partial charge on any atom is 0.0406 e. The summed E-state index contributed by atoms with van der Waals surface area (Å²) >= 11 is 12.8. The van der Waals surface area contributed by atoms with Gasteiger partial charge in [-0.1, -0.05) is 125 Å². The van der Waals surface area contributed by atoms with E-state index < -0.39 is 0 Å². The van der Waals surface area contributed by atoms with Gasteiger partial charge in [0.05, 0.1) is 0 Å². The second-order valence-corrected chi connectivity index (χ2v) is 14.2. The molecule has 4 aromatic rings. The largest absolute Gasteiger partial charge is 0.0843 e. The zero-order chi connectivity index (χ0) is 29.1. The van der Waals surface area contributed by atoms with Crippen molar-refractivity contribution in [1.82, 2.24) is 0 Å². The third-order valence-electron chi connectivity index (χ3n) is 8.29. The summed E-state index contributed by atoms with van der Waals surface area (Å²) in [5, 5.41) is 6.70. The summed E-state index contributed by atoms with van der Waals surface area (Å²) in [7, 11) is 0. The van der Waals surface area contributed by atoms with Crippen LogP contribution < -0.4 is 10.4 Å². The van der Waals surface area contributed by atoms with Crippen LogP contribution in [0.1, 0.15) is 81.3 Å². The van der Waals surface area contributed by atoms with E-state index in [1.165, 1.54) is 54.3 Å². The number of fused-ring (bicyclic) bond motifs is 2. The number of hydrogen-bond acceptors (Lipinski definition) is 0. The van der Waals surface area contributed by atoms with Gasteiger partial charge in [-0.15, -0.1) is 0 Å². The Bertz CT molecular complexity index is 1910. The zero-order valence-corrected chi connectivity index (χ0v) is 26.2. The molecule has 0 nitrogen and oxygen atoms in total. The van der Waals surface area contributed by atoms with E-state index in [0.29, 0.717) is 0 Å². The molecule has 2 heteroatoms. The smallest absolute Gasteiger partial charge is 0.0406 e. The van der Waals surface area contributed by atoms with Crippen molar-refractivity contribution in [3.63, 3.8) is 0 Å². The Morgan fingerprint density at radius 3 is 1.80 bits per heavy atom. The lowest BCUT2D eigenvalue weighted by Crippen LogP contribution is -2.29. The number of allylic oxidation sites excluding steroid dienone is 4. The summed E-state index contributed by atoms with van der Waals surface area (Å²) in [6.45, 7) is 13.9. The van der Waals surface area contributed by atoms with Crippen molar-refractivity contribution >= 4 is 40.4 Å². The number of hydrogen-bond donors (Lipinski definition) is 0. The molecule has 0 fully saturated rings. The van der Waals surface area contributed by atoms with Crippen LogP contribution in [0.2, 0.25) is 10.0 Å². The summed E-state index contributed by atoms with van der Waals surface area (Å²) in [6, 6.07) is 26.0. The molecule has 206 valence electrons. The maximum absolute atomic E-state index is 6.39. The average molecular weight is 576 g/mol. The predicted molar refractivity (Wildman–Crippen MR) is 177 cm³/mol. The first-order valence-electron chi connectivity index (χ1n) is 14.4. The molecule has 0 amide bonds. The fourth-order valence-corrected chi connectivity index (χ4v) is 6.37. The lowest BCUT2D eigenvalue weighted by Gasteiger charge is -2.26. The zero-order valence-electron chi connectivity index (χ0n) is 24.7. The second-order valence-electron chi connectivity index (χ2n) is 13.3. The van der Waals surface area contributed by atoms with Crippen molar-refractivity contribution in [3.05, 3.63) is 155 Å². The molecule has 0 aliphatic heterocycles. The van der Waals surface area contributed by atoms with Gasteiger partial charge in [-0.2, -0.15) is 0 Å². The van der Waals surface area contributed by atoms with E-state index in [1.807, 2.05) is 24.3 Å². The van der Waals surface area contributed by atoms with Gasteiger partial charge in [0.25, 0.3) is 0 Å². The molecule has 0 atom stereocenters. The van der Waals surface area contributed by atoms with Crippen LogP contribution in [0.5, 0.6) is 0 Å². The first-order valence-corrected chi connectivity index (χ1v) is 15.1. The minimum atomic E-state index is -0.111. The Hall–Kier alpha value is -3.32. The fourth-order valence-electron chi connectivity index (χ4n) is 6.11. The van der Waals surface area contributed by atoms with E-state index in [1.54, 1.807) is 0 Å². The highest BCUT2D eigenvalue weighted by Crippen LogP contribution is 2.34. The molecule has 0 heterocycles. The average Bonchev–Trinajstić information content (AvgIpc) is 3.57. The Morgan fingerprint density at radius 2 is 1.29 bits per heavy atom. The van der Waals surface area contributed by atoms with Crippen molar-refractivity contribution in [2.24, 2.45) is 0 Å². The van der Waals surface area contributed by atoms with Crippen LogP contribution in [0, 0.1) is 10.4 Å². The molecule has 0 spiro atoms. The molecule has 0 bridgehead atoms. The minimum Gasteiger partial charge on any atom is -0.0843 e. The van der Waals surface area contributed by atoms with Crippen LogP contribution in [-0.2, 0) is 10.8 Å². The van der Waals surface area contributed by atoms with Gasteiger partial charge in [-0.3, -0.25) is 0 Å². The number of rotatable bonds is 3. The van der Waals surface area contributed by atoms with Crippen LogP contribution in [0.15, 0.2) is 91.0 Å². The number of benzene rings is 4. The molecular formula is C39H36Cl2. The van der Waals surface area contributed by atoms with Gasteiger partial charge in [-0.05, 0) is 119 Å². The van der Waals surface area contributed by atoms with Gasteiger partial charge in [0.15, 0.2) is 0 Å². The Kier molecular flexibility index (Phi) is 6.92. The second kappa shape index (κ2) is 10.2. The molecular weight excluding hydrogens is 539 g/mol. The summed E-state index contributed by atoms with van der Waals surface area (Å²) in [6.07, 6.45) is 10.1. The molecule has 0 unspecified atom stereocenters. The van der Waals surface area contributed by atoms with Crippen molar-refractivity contribution in [2.45, 2.75) is 58.8 Å². The third kappa shape index (κ3) is 5.14. The molecule has 4 aromatic carbocycles. The van der Waals surface area contributed by atoms with E-state index in [-0.39, 0.29) is 10.8 Å². The summed E-state index contributed by atoms with van der Waals surface area (Å²) in [4.78, 5) is 0. The van der Waals surface area contributed by atoms with Crippen LogP contribution in [-0.4, -0.2) is 0 Å². The topological polar surface area (TPSA) is 0 Å². The standard InChI is InChI=1S/C39H36Cl2/c1-38(2,3)28-16-11-27-21-33-32(31(27)22-28)23-34(39(4,5)6)37(36(33)24-9-7-8-10-24)35(25-12-17-29(40)18-13-25)26-14-19-30(41)20-15-26/h7-9,11-23H,10H2,1-6H3. The van der Waals surface area contributed by atoms with Gasteiger partial charge >= 0.3 is 0 Å². The predicted octanol–water partition coefficient (Wildman–Crippen LogP) is 9.61. The highest BCUT2D eigenvalue weighted by molar-refractivity contribution is 6.31. The highest BCUT2D eigenvalue weighted by atomic mass is 35.5. The van der Waals surface area contributed by atoms with E-state index in [0.717, 1.165) is 27.6 Å². The van der Waals surface area contributed by atoms with Gasteiger partial charge in [0.2, 0.25) is 0 Å². The minimum absolute atomic E-state index is 0.0788. The van der Waals surface area contributed by atoms with Gasteiger partial charge in [0, 0.05) is 10.0 Å². The van der Waals surface area contributed by atoms with Crippen molar-refractivity contribution in [2.75, 3.05) is 0 Å². The van der Waals surface area contributed by atoms with Gasteiger partial charge in [0.1, 0.15) is 0 Å². The molecule has 0 radical (unpaired) electrons. The number of halogens is 2. The van der Waals surface area contributed by atoms with Gasteiger partial charge in [-0.25, -0.2) is 0 Å². The van der Waals surface area contributed by atoms with Crippen LogP contribution in [0.25, 0.3) is 17.2 Å². The molecule has 0 saturated heterocycles. The van der Waals surface area contributed by atoms with Gasteiger partial charge < -0.3 is 0 Å². The first kappa shape index (κ1) is 27.8. The fraction of sp³-hybridized carbons (Fsp3) is 0.231. The van der Waals surface area contributed by atoms with E-state index >= 15 is 0 Å². The molecule has 2 aliphatic rings. The van der Waals surface area contributed by atoms with E-state index in [4.69, 9.17) is 23.2 Å². The molecule has 2 aliphatic carbocycles. The van der Waals surface area contributed by atoms with E-state index in [9.17, 15) is 0 Å². The Labute approximate surface area is 253 Å². The third-order valence-corrected chi connectivity index (χ3v) is 8.80. The monoisotopic (exact) mass is 574 g/mol. The SMILES string of the molecule is CC(C)(C)c1ccc2c(c1)=c1cc(C(C)(C)C)c(=C(c3ccc(Cl)cc3)c3ccc(Cl)cc3)c(C3=CC=CC3)c1C=2. The van der Waals surface area contributed by atoms with Crippen LogP contribution >= 0.6 is 23.2 Å². The highest BCUT2D eigenvalue weighted by Gasteiger charge is 2.26. The van der Waals surface area contributed by atoms with Crippen LogP contribution in [0.3, 0.4) is 0 Å². The normalized spacial score (nSPS) is 14.0. The first-order chi connectivity index (χ1) is 19.4. The lowest BCUT2D eigenvalue weighted by molar-refractivity contribution is 0.584. The summed E-state index contributed by atoms with van der Waals surface area (Å²) < 4.78 is 0. The summed E-state index contributed by atoms with van der Waals surface area (Å²) in [5.74, 6) is 0. The molecule has 0 N–H and O–H groups in total. The van der Waals surface area contributed by atoms with Crippen molar-refractivity contribution < 1.29 is 0 Å². The molecule has 0 saturated carbocycles. The quantitative estimate of drug-likeness (QED) is 0.201. The van der Waals surface area contributed by atoms with Crippen molar-refractivity contribution in [1.29, 1.82) is 0 Å². The molecule has 6 rings (SSSR count). The lowest BCUT2D eigenvalue weighted by atomic mass is 9.78. The Morgan fingerprint density at radius 1 is 0.683 bits per heavy atom. The Balaban J connectivity index is 1.89. The van der Waals surface area contributed by atoms with Crippen LogP contribution in [0.4, 0.5) is 0 Å². The molecule has 0 aromatic heterocycles. The van der Waals surface area contributed by atoms with Crippen molar-refractivity contribution in [3.8, 4) is 0 Å². The maximum atomic E-state index is 6.39.